The van der Waals surface area contributed by atoms with Crippen LogP contribution in [0.25, 0.3) is 0 Å². The number of urea groups is 1. The number of thioether (sulfide) groups is 1. The van der Waals surface area contributed by atoms with E-state index in [9.17, 15) is 9.59 Å². The van der Waals surface area contributed by atoms with Crippen LogP contribution in [0.15, 0.2) is 84.9 Å². The normalized spacial score (nSPS) is 21.8. The van der Waals surface area contributed by atoms with E-state index >= 15 is 0 Å². The third kappa shape index (κ3) is 4.23. The Balaban J connectivity index is 1.43. The Morgan fingerprint density at radius 3 is 2.30 bits per heavy atom. The highest BCUT2D eigenvalue weighted by Gasteiger charge is 2.52. The number of carbonyl (C=O) groups excluding carboxylic acids is 2. The second-order valence-corrected chi connectivity index (χ2v) is 9.50. The summed E-state index contributed by atoms with van der Waals surface area (Å²) in [6, 6.07) is 27.2. The lowest BCUT2D eigenvalue weighted by molar-refractivity contribution is 0.0941. The fourth-order valence-electron chi connectivity index (χ4n) is 4.73. The summed E-state index contributed by atoms with van der Waals surface area (Å²) in [7, 11) is 1.61. The minimum atomic E-state index is -0.173. The van der Waals surface area contributed by atoms with E-state index in [1.807, 2.05) is 58.3 Å². The second-order valence-electron chi connectivity index (χ2n) is 8.39. The molecule has 3 aromatic carbocycles. The summed E-state index contributed by atoms with van der Waals surface area (Å²) < 4.78 is 5.22. The first-order valence-electron chi connectivity index (χ1n) is 11.1. The Kier molecular flexibility index (Phi) is 6.09. The summed E-state index contributed by atoms with van der Waals surface area (Å²) in [4.78, 5) is 30.8. The minimum absolute atomic E-state index is 0.00128. The van der Waals surface area contributed by atoms with Crippen LogP contribution in [0.2, 0.25) is 0 Å². The van der Waals surface area contributed by atoms with Gasteiger partial charge in [0.15, 0.2) is 5.78 Å². The van der Waals surface area contributed by atoms with Gasteiger partial charge in [-0.1, -0.05) is 60.7 Å². The van der Waals surface area contributed by atoms with E-state index in [-0.39, 0.29) is 29.3 Å². The Labute approximate surface area is 198 Å². The third-order valence-corrected chi connectivity index (χ3v) is 7.78. The Hall–Kier alpha value is -3.25. The Morgan fingerprint density at radius 2 is 1.64 bits per heavy atom. The van der Waals surface area contributed by atoms with E-state index in [1.165, 1.54) is 0 Å². The van der Waals surface area contributed by atoms with Crippen molar-refractivity contribution in [3.05, 3.63) is 102 Å². The zero-order valence-corrected chi connectivity index (χ0v) is 19.3. The molecule has 5 nitrogen and oxygen atoms in total. The number of nitrogens with zero attached hydrogens (tertiary/aromatic N) is 2. The van der Waals surface area contributed by atoms with Gasteiger partial charge in [0.2, 0.25) is 0 Å². The molecule has 0 radical (unpaired) electrons. The first kappa shape index (κ1) is 21.6. The number of fused-ring (bicyclic) bond motifs is 1. The monoisotopic (exact) mass is 458 g/mol. The average Bonchev–Trinajstić information content (AvgIpc) is 3.41. The molecule has 6 heteroatoms. The van der Waals surface area contributed by atoms with Gasteiger partial charge in [0, 0.05) is 24.3 Å². The molecule has 0 aliphatic carbocycles. The molecule has 0 aromatic heterocycles. The minimum Gasteiger partial charge on any atom is -0.497 e. The average molecular weight is 459 g/mol. The number of hydrogen-bond acceptors (Lipinski definition) is 4. The van der Waals surface area contributed by atoms with Crippen LogP contribution in [-0.4, -0.2) is 46.6 Å². The predicted molar refractivity (Wildman–Crippen MR) is 130 cm³/mol. The summed E-state index contributed by atoms with van der Waals surface area (Å²) in [5.41, 5.74) is 2.84. The maximum Gasteiger partial charge on any atom is 0.322 e. The SMILES string of the molecule is COc1ccc(C(=O)C[C@H]2[C@@H]3CS[C@@H](c4ccccc4)N3C(=O)N2Cc2ccccc2)cc1. The van der Waals surface area contributed by atoms with E-state index < -0.39 is 0 Å². The molecule has 2 aliphatic heterocycles. The molecule has 0 unspecified atom stereocenters. The van der Waals surface area contributed by atoms with Gasteiger partial charge in [-0.25, -0.2) is 4.79 Å². The van der Waals surface area contributed by atoms with Crippen LogP contribution in [0.1, 0.15) is 33.3 Å². The Bertz CT molecular complexity index is 1120. The van der Waals surface area contributed by atoms with Crippen molar-refractivity contribution < 1.29 is 14.3 Å². The van der Waals surface area contributed by atoms with Gasteiger partial charge in [-0.05, 0) is 35.4 Å². The highest BCUT2D eigenvalue weighted by atomic mass is 32.2. The maximum atomic E-state index is 13.7. The van der Waals surface area contributed by atoms with Crippen molar-refractivity contribution in [3.8, 4) is 5.75 Å². The molecule has 2 amide bonds. The van der Waals surface area contributed by atoms with E-state index in [1.54, 1.807) is 43.1 Å². The number of amides is 2. The first-order chi connectivity index (χ1) is 16.2. The van der Waals surface area contributed by atoms with Crippen molar-refractivity contribution in [1.29, 1.82) is 0 Å². The molecule has 5 rings (SSSR count). The number of rotatable bonds is 7. The zero-order valence-electron chi connectivity index (χ0n) is 18.5. The van der Waals surface area contributed by atoms with E-state index in [2.05, 4.69) is 12.1 Å². The Morgan fingerprint density at radius 1 is 0.970 bits per heavy atom. The molecule has 2 aliphatic rings. The summed E-state index contributed by atoms with van der Waals surface area (Å²) in [6.45, 7) is 0.499. The lowest BCUT2D eigenvalue weighted by Crippen LogP contribution is -2.38. The van der Waals surface area contributed by atoms with Gasteiger partial charge >= 0.3 is 6.03 Å². The molecular formula is C27H26N2O3S. The first-order valence-corrected chi connectivity index (χ1v) is 12.2. The summed E-state index contributed by atoms with van der Waals surface area (Å²) >= 11 is 1.78. The number of benzene rings is 3. The highest BCUT2D eigenvalue weighted by molar-refractivity contribution is 7.99. The molecule has 3 aromatic rings. The highest BCUT2D eigenvalue weighted by Crippen LogP contribution is 2.47. The molecule has 0 N–H and O–H groups in total. The van der Waals surface area contributed by atoms with Crippen molar-refractivity contribution in [3.63, 3.8) is 0 Å². The molecule has 2 heterocycles. The summed E-state index contributed by atoms with van der Waals surface area (Å²) in [5, 5.41) is -0.0249. The van der Waals surface area contributed by atoms with Gasteiger partial charge in [0.1, 0.15) is 11.1 Å². The summed E-state index contributed by atoms with van der Waals surface area (Å²) in [6.07, 6.45) is 0.300. The topological polar surface area (TPSA) is 49.9 Å². The zero-order chi connectivity index (χ0) is 22.8. The summed E-state index contributed by atoms with van der Waals surface area (Å²) in [5.74, 6) is 1.58. The fourth-order valence-corrected chi connectivity index (χ4v) is 6.25. The van der Waals surface area contributed by atoms with Crippen molar-refractivity contribution in [2.24, 2.45) is 0 Å². The molecule has 168 valence electrons. The molecule has 2 saturated heterocycles. The van der Waals surface area contributed by atoms with Gasteiger partial charge in [0.25, 0.3) is 0 Å². The van der Waals surface area contributed by atoms with Gasteiger partial charge in [0.05, 0.1) is 19.2 Å². The van der Waals surface area contributed by atoms with Gasteiger partial charge < -0.3 is 14.5 Å². The van der Waals surface area contributed by atoms with Crippen LogP contribution in [0, 0.1) is 0 Å². The molecule has 33 heavy (non-hydrogen) atoms. The largest absolute Gasteiger partial charge is 0.497 e. The van der Waals surface area contributed by atoms with Gasteiger partial charge in [-0.15, -0.1) is 11.8 Å². The van der Waals surface area contributed by atoms with Crippen LogP contribution < -0.4 is 4.74 Å². The van der Waals surface area contributed by atoms with Crippen LogP contribution >= 0.6 is 11.8 Å². The third-order valence-electron chi connectivity index (χ3n) is 6.43. The van der Waals surface area contributed by atoms with Crippen molar-refractivity contribution in [2.45, 2.75) is 30.4 Å². The quantitative estimate of drug-likeness (QED) is 0.446. The number of carbonyl (C=O) groups is 2. The number of ketones is 1. The maximum absolute atomic E-state index is 13.7. The van der Waals surface area contributed by atoms with E-state index in [4.69, 9.17) is 4.74 Å². The molecule has 0 spiro atoms. The standard InChI is InChI=1S/C27H26N2O3S/c1-32-22-14-12-20(13-15-22)25(30)16-23-24-18-33-26(21-10-6-3-7-11-21)29(24)27(31)28(23)17-19-8-4-2-5-9-19/h2-15,23-24,26H,16-18H2,1H3/t23-,24-,26-/m0/s1. The van der Waals surface area contributed by atoms with E-state index in [0.717, 1.165) is 22.6 Å². The molecule has 3 atom stereocenters. The van der Waals surface area contributed by atoms with Gasteiger partial charge in [-0.3, -0.25) is 4.79 Å². The number of ether oxygens (including phenoxy) is 1. The molecule has 2 fully saturated rings. The smallest absolute Gasteiger partial charge is 0.322 e. The predicted octanol–water partition coefficient (Wildman–Crippen LogP) is 5.39. The van der Waals surface area contributed by atoms with E-state index in [0.29, 0.717) is 18.5 Å². The van der Waals surface area contributed by atoms with Gasteiger partial charge in [-0.2, -0.15) is 0 Å². The fraction of sp³-hybridized carbons (Fsp3) is 0.259. The van der Waals surface area contributed by atoms with Crippen LogP contribution in [-0.2, 0) is 6.54 Å². The lowest BCUT2D eigenvalue weighted by Gasteiger charge is -2.26. The van der Waals surface area contributed by atoms with Crippen LogP contribution in [0.4, 0.5) is 4.79 Å². The second kappa shape index (κ2) is 9.32. The van der Waals surface area contributed by atoms with Crippen LogP contribution in [0.3, 0.4) is 0 Å². The molecule has 0 bridgehead atoms. The number of hydrogen-bond donors (Lipinski definition) is 0. The molecular weight excluding hydrogens is 432 g/mol. The molecule has 0 saturated carbocycles. The van der Waals surface area contributed by atoms with Crippen molar-refractivity contribution in [2.75, 3.05) is 12.9 Å². The van der Waals surface area contributed by atoms with Crippen molar-refractivity contribution >= 4 is 23.6 Å². The number of methoxy groups -OCH3 is 1. The lowest BCUT2D eigenvalue weighted by atomic mass is 9.98. The number of Topliss-reactive ketones (excluding diaryl/α,β-unsaturated/α-hetero) is 1. The van der Waals surface area contributed by atoms with Crippen LogP contribution in [0.5, 0.6) is 5.75 Å². The van der Waals surface area contributed by atoms with Crippen molar-refractivity contribution in [1.82, 2.24) is 9.80 Å².